The zero-order valence-corrected chi connectivity index (χ0v) is 13.8. The number of Topliss-reactive ketones (excluding diaryl/α,β-unsaturated/α-hetero) is 1. The highest BCUT2D eigenvalue weighted by Gasteiger charge is 2.23. The van der Waals surface area contributed by atoms with Gasteiger partial charge in [0.25, 0.3) is 0 Å². The summed E-state index contributed by atoms with van der Waals surface area (Å²) >= 11 is 0. The summed E-state index contributed by atoms with van der Waals surface area (Å²) < 4.78 is 10.3. The number of carbonyl (C=O) groups is 2. The molecule has 1 atom stereocenters. The number of para-hydroxylation sites is 1. The van der Waals surface area contributed by atoms with Crippen LogP contribution < -0.4 is 5.63 Å². The van der Waals surface area contributed by atoms with Crippen molar-refractivity contribution in [1.82, 2.24) is 0 Å². The number of carbonyl (C=O) groups excluding carboxylic acids is 2. The van der Waals surface area contributed by atoms with Gasteiger partial charge >= 0.3 is 11.6 Å². The van der Waals surface area contributed by atoms with Gasteiger partial charge in [0.05, 0.1) is 0 Å². The summed E-state index contributed by atoms with van der Waals surface area (Å²) in [6.07, 6.45) is -1.01. The molecule has 0 fully saturated rings. The summed E-state index contributed by atoms with van der Waals surface area (Å²) in [7, 11) is 0. The van der Waals surface area contributed by atoms with Gasteiger partial charge in [-0.2, -0.15) is 0 Å². The zero-order chi connectivity index (χ0) is 18.0. The van der Waals surface area contributed by atoms with Crippen LogP contribution in [0.5, 0.6) is 0 Å². The first-order chi connectivity index (χ1) is 12.0. The van der Waals surface area contributed by atoms with Gasteiger partial charge in [-0.05, 0) is 26.0 Å². The molecule has 0 spiro atoms. The molecule has 0 amide bonds. The summed E-state index contributed by atoms with van der Waals surface area (Å²) in [6.45, 7) is 3.39. The number of fused-ring (bicyclic) bond motifs is 1. The monoisotopic (exact) mass is 336 g/mol. The van der Waals surface area contributed by atoms with Crippen molar-refractivity contribution in [2.75, 3.05) is 0 Å². The van der Waals surface area contributed by atoms with E-state index in [-0.39, 0.29) is 11.3 Å². The van der Waals surface area contributed by atoms with Crippen molar-refractivity contribution in [2.45, 2.75) is 20.0 Å². The van der Waals surface area contributed by atoms with E-state index in [9.17, 15) is 14.4 Å². The fraction of sp³-hybridized carbons (Fsp3) is 0.150. The first-order valence-corrected chi connectivity index (χ1v) is 7.80. The van der Waals surface area contributed by atoms with E-state index in [1.54, 1.807) is 48.5 Å². The lowest BCUT2D eigenvalue weighted by atomic mass is 10.1. The second-order valence-corrected chi connectivity index (χ2v) is 5.76. The molecule has 1 aromatic heterocycles. The fourth-order valence-electron chi connectivity index (χ4n) is 2.43. The molecule has 0 N–H and O–H groups in total. The van der Waals surface area contributed by atoms with E-state index in [4.69, 9.17) is 9.15 Å². The van der Waals surface area contributed by atoms with E-state index < -0.39 is 17.7 Å². The van der Waals surface area contributed by atoms with Crippen LogP contribution in [0.4, 0.5) is 0 Å². The molecular weight excluding hydrogens is 320 g/mol. The second kappa shape index (κ2) is 6.73. The van der Waals surface area contributed by atoms with Crippen LogP contribution in [0.2, 0.25) is 0 Å². The first-order valence-electron chi connectivity index (χ1n) is 7.80. The van der Waals surface area contributed by atoms with Gasteiger partial charge in [0, 0.05) is 10.9 Å². The van der Waals surface area contributed by atoms with Crippen LogP contribution in [0.15, 0.2) is 63.8 Å². The molecule has 0 radical (unpaired) electrons. The number of ether oxygens (including phenoxy) is 1. The number of hydrogen-bond acceptors (Lipinski definition) is 5. The summed E-state index contributed by atoms with van der Waals surface area (Å²) in [5.41, 5.74) is 0.820. The topological polar surface area (TPSA) is 73.6 Å². The van der Waals surface area contributed by atoms with Gasteiger partial charge in [-0.3, -0.25) is 4.79 Å². The molecule has 1 heterocycles. The maximum absolute atomic E-state index is 12.3. The molecule has 2 aromatic carbocycles. The predicted octanol–water partition coefficient (Wildman–Crippen LogP) is 3.53. The average Bonchev–Trinajstić information content (AvgIpc) is 2.61. The van der Waals surface area contributed by atoms with E-state index in [2.05, 4.69) is 0 Å². The van der Waals surface area contributed by atoms with Crippen LogP contribution in [-0.2, 0) is 4.74 Å². The van der Waals surface area contributed by atoms with E-state index in [1.807, 2.05) is 6.92 Å². The van der Waals surface area contributed by atoms with Crippen LogP contribution in [-0.4, -0.2) is 17.9 Å². The van der Waals surface area contributed by atoms with Gasteiger partial charge in [0.2, 0.25) is 5.78 Å². The van der Waals surface area contributed by atoms with Crippen LogP contribution in [0.3, 0.4) is 0 Å². The summed E-state index contributed by atoms with van der Waals surface area (Å²) in [4.78, 5) is 36.6. The van der Waals surface area contributed by atoms with Crippen molar-refractivity contribution in [2.24, 2.45) is 0 Å². The Labute approximate surface area is 143 Å². The minimum absolute atomic E-state index is 0.234. The molecule has 3 rings (SSSR count). The Morgan fingerprint density at radius 3 is 2.44 bits per heavy atom. The number of rotatable bonds is 4. The van der Waals surface area contributed by atoms with Gasteiger partial charge in [-0.1, -0.05) is 48.0 Å². The van der Waals surface area contributed by atoms with E-state index >= 15 is 0 Å². The minimum Gasteiger partial charge on any atom is -0.450 e. The van der Waals surface area contributed by atoms with Crippen molar-refractivity contribution in [3.05, 3.63) is 81.7 Å². The molecule has 126 valence electrons. The highest BCUT2D eigenvalue weighted by Crippen LogP contribution is 2.14. The molecule has 0 unspecified atom stereocenters. The highest BCUT2D eigenvalue weighted by molar-refractivity contribution is 6.01. The molecule has 3 aromatic rings. The molecule has 0 saturated carbocycles. The first kappa shape index (κ1) is 16.6. The standard InChI is InChI=1S/C20H16O5/c1-12-7-9-14(10-8-12)18(21)13(2)24-19(22)16-11-15-5-3-4-6-17(15)25-20(16)23/h3-11,13H,1-2H3/t13-/m1/s1. The Bertz CT molecular complexity index is 999. The van der Waals surface area contributed by atoms with Gasteiger partial charge < -0.3 is 9.15 Å². The Morgan fingerprint density at radius 2 is 1.72 bits per heavy atom. The third-order valence-corrected chi connectivity index (χ3v) is 3.85. The lowest BCUT2D eigenvalue weighted by Crippen LogP contribution is -2.27. The highest BCUT2D eigenvalue weighted by atomic mass is 16.5. The lowest BCUT2D eigenvalue weighted by Gasteiger charge is -2.12. The molecule has 5 nitrogen and oxygen atoms in total. The van der Waals surface area contributed by atoms with Crippen molar-refractivity contribution in [3.63, 3.8) is 0 Å². The summed E-state index contributed by atoms with van der Waals surface area (Å²) in [5, 5.41) is 0.603. The van der Waals surface area contributed by atoms with Crippen LogP contribution in [0.25, 0.3) is 11.0 Å². The molecule has 0 aliphatic rings. The molecular formula is C20H16O5. The van der Waals surface area contributed by atoms with Gasteiger partial charge in [0.15, 0.2) is 6.10 Å². The van der Waals surface area contributed by atoms with Crippen LogP contribution in [0.1, 0.15) is 33.2 Å². The Balaban J connectivity index is 1.82. The Kier molecular flexibility index (Phi) is 4.48. The largest absolute Gasteiger partial charge is 0.450 e. The predicted molar refractivity (Wildman–Crippen MR) is 92.9 cm³/mol. The molecule has 0 aliphatic carbocycles. The minimum atomic E-state index is -1.01. The normalized spacial score (nSPS) is 11.9. The number of aryl methyl sites for hydroxylation is 1. The Morgan fingerprint density at radius 1 is 1.04 bits per heavy atom. The average molecular weight is 336 g/mol. The van der Waals surface area contributed by atoms with Gasteiger partial charge in [0.1, 0.15) is 11.1 Å². The van der Waals surface area contributed by atoms with E-state index in [0.29, 0.717) is 16.5 Å². The SMILES string of the molecule is Cc1ccc(C(=O)[C@@H](C)OC(=O)c2cc3ccccc3oc2=O)cc1. The second-order valence-electron chi connectivity index (χ2n) is 5.76. The molecule has 0 aliphatic heterocycles. The summed E-state index contributed by atoms with van der Waals surface area (Å²) in [5.74, 6) is -1.22. The maximum Gasteiger partial charge on any atom is 0.351 e. The maximum atomic E-state index is 12.3. The third-order valence-electron chi connectivity index (χ3n) is 3.85. The summed E-state index contributed by atoms with van der Waals surface area (Å²) in [6, 6.07) is 15.2. The smallest absolute Gasteiger partial charge is 0.351 e. The van der Waals surface area contributed by atoms with Crippen molar-refractivity contribution >= 4 is 22.7 Å². The number of esters is 1. The van der Waals surface area contributed by atoms with Crippen molar-refractivity contribution in [3.8, 4) is 0 Å². The van der Waals surface area contributed by atoms with Crippen LogP contribution in [0, 0.1) is 6.92 Å². The van der Waals surface area contributed by atoms with E-state index in [0.717, 1.165) is 5.56 Å². The van der Waals surface area contributed by atoms with Gasteiger partial charge in [-0.15, -0.1) is 0 Å². The Hall–Kier alpha value is -3.21. The van der Waals surface area contributed by atoms with Crippen molar-refractivity contribution in [1.29, 1.82) is 0 Å². The molecule has 0 bridgehead atoms. The van der Waals surface area contributed by atoms with Crippen molar-refractivity contribution < 1.29 is 18.7 Å². The van der Waals surface area contributed by atoms with E-state index in [1.165, 1.54) is 13.0 Å². The zero-order valence-electron chi connectivity index (χ0n) is 13.8. The van der Waals surface area contributed by atoms with Gasteiger partial charge in [-0.25, -0.2) is 9.59 Å². The lowest BCUT2D eigenvalue weighted by molar-refractivity contribution is 0.0315. The number of ketones is 1. The quantitative estimate of drug-likeness (QED) is 0.414. The molecule has 0 saturated heterocycles. The fourth-order valence-corrected chi connectivity index (χ4v) is 2.43. The number of hydrogen-bond donors (Lipinski definition) is 0. The van der Waals surface area contributed by atoms with Crippen LogP contribution >= 0.6 is 0 Å². The molecule has 5 heteroatoms. The molecule has 25 heavy (non-hydrogen) atoms. The third kappa shape index (κ3) is 3.50. The number of benzene rings is 2.